The maximum Gasteiger partial charge on any atom is 0.137 e. The molecule has 4 nitrogen and oxygen atoms in total. The van der Waals surface area contributed by atoms with Gasteiger partial charge in [-0.1, -0.05) is 13.3 Å². The molecule has 0 fully saturated rings. The zero-order valence-corrected chi connectivity index (χ0v) is 10.7. The molecule has 0 radical (unpaired) electrons. The summed E-state index contributed by atoms with van der Waals surface area (Å²) >= 11 is 0. The van der Waals surface area contributed by atoms with Crippen LogP contribution in [0.5, 0.6) is 5.75 Å². The summed E-state index contributed by atoms with van der Waals surface area (Å²) in [5.74, 6) is 0.758. The largest absolute Gasteiger partial charge is 0.490 e. The van der Waals surface area contributed by atoms with Crippen molar-refractivity contribution in [3.63, 3.8) is 0 Å². The van der Waals surface area contributed by atoms with E-state index in [9.17, 15) is 0 Å². The minimum Gasteiger partial charge on any atom is -0.490 e. The second-order valence-corrected chi connectivity index (χ2v) is 4.02. The third-order valence-electron chi connectivity index (χ3n) is 2.36. The Balaban J connectivity index is 2.19. The molecule has 0 unspecified atom stereocenters. The lowest BCUT2D eigenvalue weighted by molar-refractivity contribution is 0.0979. The van der Waals surface area contributed by atoms with Gasteiger partial charge in [0.05, 0.1) is 18.5 Å². The normalized spacial score (nSPS) is 12.4. The fourth-order valence-electron chi connectivity index (χ4n) is 1.31. The van der Waals surface area contributed by atoms with E-state index in [1.165, 1.54) is 0 Å². The number of rotatable bonds is 8. The molecule has 1 atom stereocenters. The van der Waals surface area contributed by atoms with Crippen LogP contribution >= 0.6 is 0 Å². The number of nitrogens with two attached hydrogens (primary N) is 1. The first-order chi connectivity index (χ1) is 8.24. The quantitative estimate of drug-likeness (QED) is 0.706. The Labute approximate surface area is 103 Å². The molecule has 1 aromatic rings. The summed E-state index contributed by atoms with van der Waals surface area (Å²) in [6, 6.07) is 3.73. The smallest absolute Gasteiger partial charge is 0.137 e. The number of aromatic nitrogens is 1. The fraction of sp³-hybridized carbons (Fsp3) is 0.615. The summed E-state index contributed by atoms with van der Waals surface area (Å²) in [7, 11) is 0. The second-order valence-electron chi connectivity index (χ2n) is 4.02. The van der Waals surface area contributed by atoms with Crippen molar-refractivity contribution in [2.75, 3.05) is 19.8 Å². The topological polar surface area (TPSA) is 57.4 Å². The van der Waals surface area contributed by atoms with Crippen molar-refractivity contribution in [2.45, 2.75) is 32.7 Å². The Hall–Kier alpha value is -1.13. The Morgan fingerprint density at radius 3 is 2.71 bits per heavy atom. The molecule has 0 saturated carbocycles. The van der Waals surface area contributed by atoms with Crippen LogP contribution < -0.4 is 10.5 Å². The molecule has 1 aromatic heterocycles. The summed E-state index contributed by atoms with van der Waals surface area (Å²) in [5, 5.41) is 0. The van der Waals surface area contributed by atoms with Crippen molar-refractivity contribution in [3.05, 3.63) is 24.0 Å². The van der Waals surface area contributed by atoms with Gasteiger partial charge >= 0.3 is 0 Å². The highest BCUT2D eigenvalue weighted by atomic mass is 16.5. The lowest BCUT2D eigenvalue weighted by atomic mass is 10.2. The van der Waals surface area contributed by atoms with Crippen LogP contribution in [0, 0.1) is 0 Å². The van der Waals surface area contributed by atoms with Crippen LogP contribution in [-0.4, -0.2) is 24.8 Å². The first kappa shape index (κ1) is 13.9. The van der Waals surface area contributed by atoms with Gasteiger partial charge in [0.25, 0.3) is 0 Å². The summed E-state index contributed by atoms with van der Waals surface area (Å²) in [6.45, 7) is 6.04. The standard InChI is InChI=1S/C13H22N2O2/c1-3-4-7-16-8-9-17-12-5-6-13(11(2)14)15-10-12/h5-6,10-11H,3-4,7-9,14H2,1-2H3/t11-/m1/s1. The molecular formula is C13H22N2O2. The molecule has 0 aliphatic rings. The second kappa shape index (κ2) is 8.03. The van der Waals surface area contributed by atoms with E-state index in [1.54, 1.807) is 6.20 Å². The Kier molecular flexibility index (Phi) is 6.58. The van der Waals surface area contributed by atoms with E-state index >= 15 is 0 Å². The van der Waals surface area contributed by atoms with Gasteiger partial charge in [-0.2, -0.15) is 0 Å². The lowest BCUT2D eigenvalue weighted by Gasteiger charge is -2.08. The molecule has 1 heterocycles. The van der Waals surface area contributed by atoms with E-state index in [4.69, 9.17) is 15.2 Å². The average molecular weight is 238 g/mol. The molecule has 0 aliphatic heterocycles. The van der Waals surface area contributed by atoms with Crippen molar-refractivity contribution in [3.8, 4) is 5.75 Å². The van der Waals surface area contributed by atoms with Gasteiger partial charge in [0.1, 0.15) is 12.4 Å². The number of unbranched alkanes of at least 4 members (excludes halogenated alkanes) is 1. The minimum absolute atomic E-state index is 0.0403. The van der Waals surface area contributed by atoms with Gasteiger partial charge in [-0.3, -0.25) is 4.98 Å². The van der Waals surface area contributed by atoms with Gasteiger partial charge < -0.3 is 15.2 Å². The maximum atomic E-state index is 5.71. The molecule has 17 heavy (non-hydrogen) atoms. The minimum atomic E-state index is -0.0403. The average Bonchev–Trinajstić information content (AvgIpc) is 2.34. The van der Waals surface area contributed by atoms with E-state index in [0.717, 1.165) is 30.9 Å². The van der Waals surface area contributed by atoms with Crippen molar-refractivity contribution in [2.24, 2.45) is 5.73 Å². The first-order valence-electron chi connectivity index (χ1n) is 6.16. The molecular weight excluding hydrogens is 216 g/mol. The molecule has 1 rings (SSSR count). The fourth-order valence-corrected chi connectivity index (χ4v) is 1.31. The highest BCUT2D eigenvalue weighted by Gasteiger charge is 2.01. The van der Waals surface area contributed by atoms with Gasteiger partial charge in [-0.25, -0.2) is 0 Å². The number of hydrogen-bond donors (Lipinski definition) is 1. The summed E-state index contributed by atoms with van der Waals surface area (Å²) in [5.41, 5.74) is 6.58. The monoisotopic (exact) mass is 238 g/mol. The molecule has 0 bridgehead atoms. The molecule has 96 valence electrons. The van der Waals surface area contributed by atoms with Crippen molar-refractivity contribution in [1.82, 2.24) is 4.98 Å². The molecule has 0 saturated heterocycles. The van der Waals surface area contributed by atoms with Crippen LogP contribution in [0.3, 0.4) is 0 Å². The summed E-state index contributed by atoms with van der Waals surface area (Å²) < 4.78 is 10.9. The number of nitrogens with zero attached hydrogens (tertiary/aromatic N) is 1. The van der Waals surface area contributed by atoms with Crippen LogP contribution in [0.2, 0.25) is 0 Å². The van der Waals surface area contributed by atoms with Gasteiger partial charge in [0, 0.05) is 12.6 Å². The van der Waals surface area contributed by atoms with Crippen LogP contribution in [0.15, 0.2) is 18.3 Å². The van der Waals surface area contributed by atoms with Gasteiger partial charge in [0.2, 0.25) is 0 Å². The predicted octanol–water partition coefficient (Wildman–Crippen LogP) is 2.30. The van der Waals surface area contributed by atoms with E-state index in [0.29, 0.717) is 13.2 Å². The van der Waals surface area contributed by atoms with E-state index in [-0.39, 0.29) is 6.04 Å². The molecule has 4 heteroatoms. The highest BCUT2D eigenvalue weighted by molar-refractivity contribution is 5.21. The zero-order valence-electron chi connectivity index (χ0n) is 10.7. The van der Waals surface area contributed by atoms with Crippen LogP contribution in [0.1, 0.15) is 38.4 Å². The molecule has 0 aliphatic carbocycles. The van der Waals surface area contributed by atoms with Crippen LogP contribution in [0.25, 0.3) is 0 Å². The summed E-state index contributed by atoms with van der Waals surface area (Å²) in [4.78, 5) is 4.22. The Morgan fingerprint density at radius 2 is 2.12 bits per heavy atom. The number of pyridine rings is 1. The van der Waals surface area contributed by atoms with Gasteiger partial charge in [0.15, 0.2) is 0 Å². The number of ether oxygens (including phenoxy) is 2. The van der Waals surface area contributed by atoms with E-state index in [2.05, 4.69) is 11.9 Å². The van der Waals surface area contributed by atoms with Crippen molar-refractivity contribution >= 4 is 0 Å². The maximum absolute atomic E-state index is 5.71. The predicted molar refractivity (Wildman–Crippen MR) is 68.1 cm³/mol. The molecule has 0 spiro atoms. The Morgan fingerprint density at radius 1 is 1.29 bits per heavy atom. The zero-order chi connectivity index (χ0) is 12.5. The van der Waals surface area contributed by atoms with E-state index < -0.39 is 0 Å². The van der Waals surface area contributed by atoms with Crippen molar-refractivity contribution < 1.29 is 9.47 Å². The van der Waals surface area contributed by atoms with Crippen molar-refractivity contribution in [1.29, 1.82) is 0 Å². The molecule has 0 amide bonds. The van der Waals surface area contributed by atoms with Crippen LogP contribution in [0.4, 0.5) is 0 Å². The summed E-state index contributed by atoms with van der Waals surface area (Å²) in [6.07, 6.45) is 3.96. The van der Waals surface area contributed by atoms with Gasteiger partial charge in [-0.05, 0) is 25.5 Å². The van der Waals surface area contributed by atoms with Gasteiger partial charge in [-0.15, -0.1) is 0 Å². The number of hydrogen-bond acceptors (Lipinski definition) is 4. The third kappa shape index (κ3) is 5.65. The van der Waals surface area contributed by atoms with E-state index in [1.807, 2.05) is 19.1 Å². The molecule has 0 aromatic carbocycles. The van der Waals surface area contributed by atoms with Crippen LogP contribution in [-0.2, 0) is 4.74 Å². The third-order valence-corrected chi connectivity index (χ3v) is 2.36. The molecule has 2 N–H and O–H groups in total. The lowest BCUT2D eigenvalue weighted by Crippen LogP contribution is -2.09. The first-order valence-corrected chi connectivity index (χ1v) is 6.16. The highest BCUT2D eigenvalue weighted by Crippen LogP contribution is 2.12. The SMILES string of the molecule is CCCCOCCOc1ccc([C@@H](C)N)nc1. The Bertz CT molecular complexity index is 299.